The summed E-state index contributed by atoms with van der Waals surface area (Å²) in [5.74, 6) is -0.0417. The van der Waals surface area contributed by atoms with Crippen LogP contribution in [-0.4, -0.2) is 31.9 Å². The molecule has 0 amide bonds. The lowest BCUT2D eigenvalue weighted by Crippen LogP contribution is -2.37. The van der Waals surface area contributed by atoms with Gasteiger partial charge in [-0.15, -0.1) is 0 Å². The van der Waals surface area contributed by atoms with Crippen molar-refractivity contribution in [1.82, 2.24) is 0 Å². The van der Waals surface area contributed by atoms with E-state index in [9.17, 15) is 8.42 Å². The van der Waals surface area contributed by atoms with Crippen LogP contribution in [0.1, 0.15) is 5.56 Å². The van der Waals surface area contributed by atoms with Crippen LogP contribution in [0.3, 0.4) is 0 Å². The summed E-state index contributed by atoms with van der Waals surface area (Å²) in [6, 6.07) is 4.77. The van der Waals surface area contributed by atoms with E-state index in [1.807, 2.05) is 13.0 Å². The van der Waals surface area contributed by atoms with Crippen molar-refractivity contribution < 1.29 is 13.5 Å². The molecule has 1 aliphatic rings. The molecule has 82 valence electrons. The van der Waals surface area contributed by atoms with Gasteiger partial charge in [-0.3, -0.25) is 0 Å². The molecule has 0 fully saturated rings. The molecule has 5 heteroatoms. The zero-order valence-corrected chi connectivity index (χ0v) is 9.21. The third-order valence-corrected chi connectivity index (χ3v) is 4.41. The average molecular weight is 227 g/mol. The fourth-order valence-corrected chi connectivity index (χ4v) is 3.50. The largest absolute Gasteiger partial charge is 0.394 e. The van der Waals surface area contributed by atoms with Crippen molar-refractivity contribution in [3.63, 3.8) is 0 Å². The second-order valence-corrected chi connectivity index (χ2v) is 5.76. The molecule has 1 aromatic rings. The molecule has 1 unspecified atom stereocenters. The van der Waals surface area contributed by atoms with Crippen LogP contribution in [0.25, 0.3) is 0 Å². The zero-order chi connectivity index (χ0) is 11.1. The third-order valence-electron chi connectivity index (χ3n) is 2.56. The van der Waals surface area contributed by atoms with Gasteiger partial charge in [0.05, 0.1) is 29.0 Å². The number of aliphatic hydroxyl groups is 1. The Kier molecular flexibility index (Phi) is 2.44. The molecule has 0 aromatic heterocycles. The van der Waals surface area contributed by atoms with E-state index >= 15 is 0 Å². The fraction of sp³-hybridized carbons (Fsp3) is 0.400. The SMILES string of the molecule is Cc1cccc2c1NC(CO)CS2(=O)=O. The number of hydrogen-bond acceptors (Lipinski definition) is 4. The number of rotatable bonds is 1. The number of nitrogens with one attached hydrogen (secondary N) is 1. The van der Waals surface area contributed by atoms with Crippen molar-refractivity contribution in [1.29, 1.82) is 0 Å². The Hall–Kier alpha value is -1.07. The molecule has 1 aliphatic heterocycles. The molecule has 0 aliphatic carbocycles. The lowest BCUT2D eigenvalue weighted by Gasteiger charge is -2.26. The van der Waals surface area contributed by atoms with Gasteiger partial charge in [0.1, 0.15) is 0 Å². The maximum absolute atomic E-state index is 11.8. The van der Waals surface area contributed by atoms with E-state index in [1.165, 1.54) is 0 Å². The summed E-state index contributed by atoms with van der Waals surface area (Å²) < 4.78 is 23.7. The summed E-state index contributed by atoms with van der Waals surface area (Å²) in [5.41, 5.74) is 1.51. The van der Waals surface area contributed by atoms with E-state index in [0.717, 1.165) is 5.56 Å². The Balaban J connectivity index is 2.60. The van der Waals surface area contributed by atoms with Crippen LogP contribution in [0, 0.1) is 6.92 Å². The monoisotopic (exact) mass is 227 g/mol. The number of sulfone groups is 1. The molecule has 0 saturated heterocycles. The van der Waals surface area contributed by atoms with E-state index in [-0.39, 0.29) is 12.4 Å². The van der Waals surface area contributed by atoms with Crippen LogP contribution in [0.4, 0.5) is 5.69 Å². The maximum atomic E-state index is 11.8. The molecule has 4 nitrogen and oxygen atoms in total. The topological polar surface area (TPSA) is 66.4 Å². The molecular formula is C10H13NO3S. The lowest BCUT2D eigenvalue weighted by molar-refractivity contribution is 0.281. The van der Waals surface area contributed by atoms with Crippen LogP contribution >= 0.6 is 0 Å². The first-order valence-electron chi connectivity index (χ1n) is 4.74. The van der Waals surface area contributed by atoms with Crippen LogP contribution in [0.5, 0.6) is 0 Å². The first-order chi connectivity index (χ1) is 7.04. The van der Waals surface area contributed by atoms with Crippen molar-refractivity contribution >= 4 is 15.5 Å². The molecule has 1 atom stereocenters. The van der Waals surface area contributed by atoms with Crippen LogP contribution in [0.2, 0.25) is 0 Å². The standard InChI is InChI=1S/C10H13NO3S/c1-7-3-2-4-9-10(7)11-8(5-12)6-15(9,13)14/h2-4,8,11-12H,5-6H2,1H3. The molecule has 0 saturated carbocycles. The highest BCUT2D eigenvalue weighted by Gasteiger charge is 2.30. The molecule has 15 heavy (non-hydrogen) atoms. The van der Waals surface area contributed by atoms with Gasteiger partial charge in [-0.05, 0) is 18.6 Å². The Bertz CT molecular complexity index is 481. The summed E-state index contributed by atoms with van der Waals surface area (Å²) in [7, 11) is -3.25. The number of aliphatic hydroxyl groups excluding tert-OH is 1. The number of anilines is 1. The van der Waals surface area contributed by atoms with E-state index in [4.69, 9.17) is 5.11 Å². The molecule has 0 bridgehead atoms. The number of benzene rings is 1. The highest BCUT2D eigenvalue weighted by atomic mass is 32.2. The second kappa shape index (κ2) is 3.50. The van der Waals surface area contributed by atoms with Crippen molar-refractivity contribution in [3.05, 3.63) is 23.8 Å². The van der Waals surface area contributed by atoms with Crippen molar-refractivity contribution in [2.45, 2.75) is 17.9 Å². The summed E-state index contributed by atoms with van der Waals surface area (Å²) in [5, 5.41) is 12.1. The van der Waals surface area contributed by atoms with E-state index < -0.39 is 15.9 Å². The number of hydrogen-bond donors (Lipinski definition) is 2. The van der Waals surface area contributed by atoms with Gasteiger partial charge in [-0.25, -0.2) is 8.42 Å². The molecule has 2 N–H and O–H groups in total. The normalized spacial score (nSPS) is 22.9. The van der Waals surface area contributed by atoms with Gasteiger partial charge in [0.25, 0.3) is 0 Å². The fourth-order valence-electron chi connectivity index (χ4n) is 1.78. The third kappa shape index (κ3) is 1.72. The lowest BCUT2D eigenvalue weighted by atomic mass is 10.2. The van der Waals surface area contributed by atoms with Gasteiger partial charge in [0, 0.05) is 0 Å². The van der Waals surface area contributed by atoms with E-state index in [2.05, 4.69) is 5.32 Å². The molecular weight excluding hydrogens is 214 g/mol. The first kappa shape index (κ1) is 10.4. The van der Waals surface area contributed by atoms with Gasteiger partial charge < -0.3 is 10.4 Å². The minimum Gasteiger partial charge on any atom is -0.394 e. The van der Waals surface area contributed by atoms with Gasteiger partial charge in [0.15, 0.2) is 9.84 Å². The number of aryl methyl sites for hydroxylation is 1. The Morgan fingerprint density at radius 2 is 2.27 bits per heavy atom. The van der Waals surface area contributed by atoms with Gasteiger partial charge in [-0.2, -0.15) is 0 Å². The summed E-state index contributed by atoms with van der Waals surface area (Å²) in [6.07, 6.45) is 0. The van der Waals surface area contributed by atoms with Crippen LogP contribution < -0.4 is 5.32 Å². The smallest absolute Gasteiger partial charge is 0.182 e. The highest BCUT2D eigenvalue weighted by Crippen LogP contribution is 2.30. The van der Waals surface area contributed by atoms with Crippen LogP contribution in [0.15, 0.2) is 23.1 Å². The average Bonchev–Trinajstić information content (AvgIpc) is 2.18. The summed E-state index contributed by atoms with van der Waals surface area (Å²) in [4.78, 5) is 0.340. The predicted molar refractivity (Wildman–Crippen MR) is 57.7 cm³/mol. The Labute approximate surface area is 88.9 Å². The summed E-state index contributed by atoms with van der Waals surface area (Å²) in [6.45, 7) is 1.67. The molecule has 0 radical (unpaired) electrons. The first-order valence-corrected chi connectivity index (χ1v) is 6.39. The van der Waals surface area contributed by atoms with Crippen molar-refractivity contribution in [3.8, 4) is 0 Å². The number of para-hydroxylation sites is 1. The molecule has 2 rings (SSSR count). The molecule has 1 aromatic carbocycles. The quantitative estimate of drug-likeness (QED) is 0.735. The minimum absolute atomic E-state index is 0.0417. The van der Waals surface area contributed by atoms with Gasteiger partial charge in [0.2, 0.25) is 0 Å². The Morgan fingerprint density at radius 3 is 2.93 bits per heavy atom. The molecule has 0 spiro atoms. The number of fused-ring (bicyclic) bond motifs is 1. The minimum atomic E-state index is -3.25. The highest BCUT2D eigenvalue weighted by molar-refractivity contribution is 7.91. The maximum Gasteiger partial charge on any atom is 0.182 e. The van der Waals surface area contributed by atoms with Crippen molar-refractivity contribution in [2.75, 3.05) is 17.7 Å². The Morgan fingerprint density at radius 1 is 1.53 bits per heavy atom. The van der Waals surface area contributed by atoms with E-state index in [1.54, 1.807) is 12.1 Å². The van der Waals surface area contributed by atoms with E-state index in [0.29, 0.717) is 10.6 Å². The molecule has 1 heterocycles. The zero-order valence-electron chi connectivity index (χ0n) is 8.40. The predicted octanol–water partition coefficient (Wildman–Crippen LogP) is 0.555. The second-order valence-electron chi connectivity index (χ2n) is 3.75. The summed E-state index contributed by atoms with van der Waals surface area (Å²) >= 11 is 0. The van der Waals surface area contributed by atoms with Crippen LogP contribution in [-0.2, 0) is 9.84 Å². The van der Waals surface area contributed by atoms with Gasteiger partial charge >= 0.3 is 0 Å². The van der Waals surface area contributed by atoms with Crippen molar-refractivity contribution in [2.24, 2.45) is 0 Å². The van der Waals surface area contributed by atoms with Gasteiger partial charge in [-0.1, -0.05) is 12.1 Å².